The van der Waals surface area contributed by atoms with Gasteiger partial charge in [-0.3, -0.25) is 9.69 Å². The Morgan fingerprint density at radius 3 is 2.63 bits per heavy atom. The fourth-order valence-electron chi connectivity index (χ4n) is 5.32. The molecule has 190 valence electrons. The van der Waals surface area contributed by atoms with E-state index in [1.807, 2.05) is 24.3 Å². The molecular weight excluding hydrogens is 440 g/mol. The minimum Gasteiger partial charge on any atom is -0.497 e. The number of amides is 1. The first kappa shape index (κ1) is 25.5. The maximum Gasteiger partial charge on any atom is 0.223 e. The van der Waals surface area contributed by atoms with E-state index in [-0.39, 0.29) is 11.8 Å². The fourth-order valence-corrected chi connectivity index (χ4v) is 5.32. The Labute approximate surface area is 209 Å². The zero-order valence-corrected chi connectivity index (χ0v) is 21.7. The highest BCUT2D eigenvalue weighted by Gasteiger charge is 2.30. The van der Waals surface area contributed by atoms with Gasteiger partial charge in [0.25, 0.3) is 0 Å². The van der Waals surface area contributed by atoms with Crippen LogP contribution in [-0.4, -0.2) is 57.4 Å². The average Bonchev–Trinajstić information content (AvgIpc) is 2.90. The Morgan fingerprint density at radius 1 is 1.17 bits per heavy atom. The minimum atomic E-state index is -0.0352. The molecular formula is C29H40N2O4. The van der Waals surface area contributed by atoms with Gasteiger partial charge < -0.3 is 19.5 Å². The molecule has 1 fully saturated rings. The number of methoxy groups -OCH3 is 1. The maximum atomic E-state index is 13.0. The lowest BCUT2D eigenvalue weighted by Crippen LogP contribution is -2.38. The molecule has 1 heterocycles. The van der Waals surface area contributed by atoms with Gasteiger partial charge in [0.1, 0.15) is 18.1 Å². The Kier molecular flexibility index (Phi) is 8.69. The highest BCUT2D eigenvalue weighted by Crippen LogP contribution is 2.37. The molecule has 6 heteroatoms. The highest BCUT2D eigenvalue weighted by molar-refractivity contribution is 5.78. The molecule has 0 aromatic heterocycles. The predicted molar refractivity (Wildman–Crippen MR) is 138 cm³/mol. The van der Waals surface area contributed by atoms with Crippen LogP contribution in [0, 0.1) is 25.7 Å². The van der Waals surface area contributed by atoms with E-state index in [4.69, 9.17) is 14.2 Å². The van der Waals surface area contributed by atoms with Crippen molar-refractivity contribution < 1.29 is 19.0 Å². The van der Waals surface area contributed by atoms with Gasteiger partial charge in [-0.15, -0.1) is 0 Å². The van der Waals surface area contributed by atoms with Crippen LogP contribution < -0.4 is 14.8 Å². The molecule has 0 saturated carbocycles. The van der Waals surface area contributed by atoms with Crippen LogP contribution >= 0.6 is 0 Å². The Morgan fingerprint density at radius 2 is 1.91 bits per heavy atom. The third kappa shape index (κ3) is 6.36. The number of hydrogen-bond donors (Lipinski definition) is 1. The zero-order valence-electron chi connectivity index (χ0n) is 21.7. The summed E-state index contributed by atoms with van der Waals surface area (Å²) in [6.45, 7) is 12.2. The van der Waals surface area contributed by atoms with E-state index < -0.39 is 0 Å². The van der Waals surface area contributed by atoms with E-state index in [2.05, 4.69) is 37.1 Å². The zero-order chi connectivity index (χ0) is 24.8. The summed E-state index contributed by atoms with van der Waals surface area (Å²) in [5.41, 5.74) is 6.46. The van der Waals surface area contributed by atoms with Crippen LogP contribution in [0.1, 0.15) is 41.2 Å². The number of rotatable bonds is 9. The third-order valence-corrected chi connectivity index (χ3v) is 7.76. The number of nitrogens with one attached hydrogen (secondary N) is 1. The van der Waals surface area contributed by atoms with Gasteiger partial charge in [0.2, 0.25) is 5.91 Å². The SMILES string of the molecule is COc1ccc(CNC(=O)C(C)C2CCc3c(C)cc(OCCN4CCOCC4)c(C)c3C2)cc1. The van der Waals surface area contributed by atoms with Crippen molar-refractivity contribution in [1.82, 2.24) is 10.2 Å². The number of fused-ring (bicyclic) bond motifs is 1. The molecule has 2 aromatic carbocycles. The van der Waals surface area contributed by atoms with Crippen LogP contribution in [0.25, 0.3) is 0 Å². The number of benzene rings is 2. The quantitative estimate of drug-likeness (QED) is 0.586. The second-order valence-corrected chi connectivity index (χ2v) is 9.93. The van der Waals surface area contributed by atoms with Crippen molar-refractivity contribution in [2.24, 2.45) is 11.8 Å². The Hall–Kier alpha value is -2.57. The van der Waals surface area contributed by atoms with E-state index in [1.165, 1.54) is 22.3 Å². The van der Waals surface area contributed by atoms with Crippen molar-refractivity contribution in [2.45, 2.75) is 46.6 Å². The Bertz CT molecular complexity index is 999. The average molecular weight is 481 g/mol. The molecule has 1 amide bonds. The van der Waals surface area contributed by atoms with Crippen LogP contribution in [0.4, 0.5) is 0 Å². The monoisotopic (exact) mass is 480 g/mol. The molecule has 1 aliphatic carbocycles. The lowest BCUT2D eigenvalue weighted by atomic mass is 9.74. The highest BCUT2D eigenvalue weighted by atomic mass is 16.5. The van der Waals surface area contributed by atoms with Crippen LogP contribution in [0.15, 0.2) is 30.3 Å². The molecule has 2 aliphatic rings. The molecule has 1 saturated heterocycles. The van der Waals surface area contributed by atoms with Crippen LogP contribution in [-0.2, 0) is 28.9 Å². The summed E-state index contributed by atoms with van der Waals surface area (Å²) in [5.74, 6) is 2.24. The number of hydrogen-bond acceptors (Lipinski definition) is 5. The van der Waals surface area contributed by atoms with Crippen molar-refractivity contribution >= 4 is 5.91 Å². The van der Waals surface area contributed by atoms with Crippen molar-refractivity contribution in [2.75, 3.05) is 46.6 Å². The second-order valence-electron chi connectivity index (χ2n) is 9.93. The van der Waals surface area contributed by atoms with Gasteiger partial charge >= 0.3 is 0 Å². The molecule has 0 radical (unpaired) electrons. The number of morpholine rings is 1. The smallest absolute Gasteiger partial charge is 0.223 e. The summed E-state index contributed by atoms with van der Waals surface area (Å²) < 4.78 is 16.9. The van der Waals surface area contributed by atoms with Crippen molar-refractivity contribution in [1.29, 1.82) is 0 Å². The van der Waals surface area contributed by atoms with E-state index in [0.29, 0.717) is 19.1 Å². The summed E-state index contributed by atoms with van der Waals surface area (Å²) in [4.78, 5) is 15.4. The lowest BCUT2D eigenvalue weighted by molar-refractivity contribution is -0.126. The van der Waals surface area contributed by atoms with E-state index >= 15 is 0 Å². The van der Waals surface area contributed by atoms with Gasteiger partial charge in [0.15, 0.2) is 0 Å². The van der Waals surface area contributed by atoms with Crippen molar-refractivity contribution in [3.05, 3.63) is 58.1 Å². The molecule has 35 heavy (non-hydrogen) atoms. The van der Waals surface area contributed by atoms with Gasteiger partial charge in [-0.1, -0.05) is 19.1 Å². The van der Waals surface area contributed by atoms with Gasteiger partial charge in [0, 0.05) is 32.1 Å². The number of carbonyl (C=O) groups is 1. The molecule has 0 bridgehead atoms. The summed E-state index contributed by atoms with van der Waals surface area (Å²) in [6, 6.07) is 10.0. The van der Waals surface area contributed by atoms with Crippen molar-refractivity contribution in [3.8, 4) is 11.5 Å². The molecule has 2 aromatic rings. The van der Waals surface area contributed by atoms with E-state index in [1.54, 1.807) is 7.11 Å². The van der Waals surface area contributed by atoms with Gasteiger partial charge in [-0.2, -0.15) is 0 Å². The minimum absolute atomic E-state index is 0.0352. The van der Waals surface area contributed by atoms with Crippen LogP contribution in [0.2, 0.25) is 0 Å². The van der Waals surface area contributed by atoms with Gasteiger partial charge in [0.05, 0.1) is 20.3 Å². The normalized spacial score (nSPS) is 19.0. The first-order chi connectivity index (χ1) is 17.0. The van der Waals surface area contributed by atoms with E-state index in [0.717, 1.165) is 69.2 Å². The number of aryl methyl sites for hydroxylation is 1. The third-order valence-electron chi connectivity index (χ3n) is 7.76. The Balaban J connectivity index is 1.35. The summed E-state index contributed by atoms with van der Waals surface area (Å²) in [7, 11) is 1.66. The van der Waals surface area contributed by atoms with Gasteiger partial charge in [-0.25, -0.2) is 0 Å². The molecule has 2 unspecified atom stereocenters. The summed E-state index contributed by atoms with van der Waals surface area (Å²) >= 11 is 0. The largest absolute Gasteiger partial charge is 0.497 e. The summed E-state index contributed by atoms with van der Waals surface area (Å²) in [6.07, 6.45) is 3.00. The fraction of sp³-hybridized carbons (Fsp3) is 0.552. The van der Waals surface area contributed by atoms with E-state index in [9.17, 15) is 4.79 Å². The standard InChI is InChI=1S/C29H40N2O4/c1-20-17-28(35-16-13-31-11-14-34-15-12-31)22(3)27-18-24(7-10-26(20)27)21(2)29(32)30-19-23-5-8-25(33-4)9-6-23/h5-6,8-9,17,21,24H,7,10-16,18-19H2,1-4H3,(H,30,32). The first-order valence-electron chi connectivity index (χ1n) is 12.9. The second kappa shape index (κ2) is 11.9. The number of ether oxygens (including phenoxy) is 3. The van der Waals surface area contributed by atoms with Crippen molar-refractivity contribution in [3.63, 3.8) is 0 Å². The lowest BCUT2D eigenvalue weighted by Gasteiger charge is -2.32. The summed E-state index contributed by atoms with van der Waals surface area (Å²) in [5, 5.41) is 3.14. The number of nitrogens with zero attached hydrogens (tertiary/aromatic N) is 1. The van der Waals surface area contributed by atoms with Gasteiger partial charge in [-0.05, 0) is 85.0 Å². The molecule has 1 aliphatic heterocycles. The maximum absolute atomic E-state index is 13.0. The molecule has 0 spiro atoms. The van der Waals surface area contributed by atoms with Crippen LogP contribution in [0.3, 0.4) is 0 Å². The number of carbonyl (C=O) groups excluding carboxylic acids is 1. The topological polar surface area (TPSA) is 60.0 Å². The molecule has 6 nitrogen and oxygen atoms in total. The predicted octanol–water partition coefficient (Wildman–Crippen LogP) is 4.08. The molecule has 4 rings (SSSR count). The first-order valence-corrected chi connectivity index (χ1v) is 12.9. The molecule has 2 atom stereocenters. The van der Waals surface area contributed by atoms with Crippen LogP contribution in [0.5, 0.6) is 11.5 Å². The molecule has 1 N–H and O–H groups in total.